The molecule has 0 bridgehead atoms. The lowest BCUT2D eigenvalue weighted by Crippen LogP contribution is -2.62. The Morgan fingerprint density at radius 2 is 1.62 bits per heavy atom. The van der Waals surface area contributed by atoms with Crippen molar-refractivity contribution < 1.29 is 28.8 Å². The van der Waals surface area contributed by atoms with Crippen LogP contribution in [-0.4, -0.2) is 90.6 Å². The average Bonchev–Trinajstić information content (AvgIpc) is 3.10. The lowest BCUT2D eigenvalue weighted by Gasteiger charge is -2.38. The molecule has 0 spiro atoms. The van der Waals surface area contributed by atoms with Crippen LogP contribution in [0.1, 0.15) is 48.5 Å². The van der Waals surface area contributed by atoms with Gasteiger partial charge in [-0.25, -0.2) is 4.79 Å². The molecular weight excluding hydrogens is 480 g/mol. The highest BCUT2D eigenvalue weighted by Gasteiger charge is 2.69. The second-order valence-corrected chi connectivity index (χ2v) is 12.3. The Labute approximate surface area is 218 Å². The van der Waals surface area contributed by atoms with Gasteiger partial charge in [-0.3, -0.25) is 24.0 Å². The maximum atomic E-state index is 13.8. The maximum Gasteiger partial charge on any atom is 0.316 e. The highest BCUT2D eigenvalue weighted by molar-refractivity contribution is 6.36. The molecule has 1 saturated carbocycles. The zero-order valence-corrected chi connectivity index (χ0v) is 23.3. The van der Waals surface area contributed by atoms with Crippen molar-refractivity contribution in [3.8, 4) is 0 Å². The Bertz CT molecular complexity index is 969. The van der Waals surface area contributed by atoms with Crippen LogP contribution in [0.4, 0.5) is 4.79 Å². The van der Waals surface area contributed by atoms with Crippen molar-refractivity contribution in [1.29, 1.82) is 0 Å². The molecule has 37 heavy (non-hydrogen) atoms. The summed E-state index contributed by atoms with van der Waals surface area (Å²) in [6, 6.07) is -3.31. The van der Waals surface area contributed by atoms with Crippen molar-refractivity contribution in [2.45, 2.75) is 66.6 Å². The molecule has 5 atom stereocenters. The molecule has 2 rings (SSSR count). The van der Waals surface area contributed by atoms with E-state index >= 15 is 0 Å². The molecule has 2 fully saturated rings. The predicted molar refractivity (Wildman–Crippen MR) is 136 cm³/mol. The quantitative estimate of drug-likeness (QED) is 0.296. The molecule has 0 aromatic rings. The van der Waals surface area contributed by atoms with Gasteiger partial charge in [-0.15, -0.1) is 0 Å². The van der Waals surface area contributed by atoms with E-state index in [0.29, 0.717) is 6.54 Å². The van der Waals surface area contributed by atoms with E-state index in [1.165, 1.54) is 9.80 Å². The van der Waals surface area contributed by atoms with Crippen LogP contribution in [0.3, 0.4) is 0 Å². The smallest absolute Gasteiger partial charge is 0.316 e. The first-order chi connectivity index (χ1) is 16.8. The van der Waals surface area contributed by atoms with Crippen LogP contribution in [0.15, 0.2) is 0 Å². The van der Waals surface area contributed by atoms with Gasteiger partial charge in [0.15, 0.2) is 0 Å². The fourth-order valence-electron chi connectivity index (χ4n) is 5.09. The predicted octanol–water partition coefficient (Wildman–Crippen LogP) is -0.533. The van der Waals surface area contributed by atoms with Crippen molar-refractivity contribution in [1.82, 2.24) is 25.8 Å². The number of likely N-dealkylation sites (N-methyl/N-ethyl adjacent to an activating group) is 1. The van der Waals surface area contributed by atoms with E-state index in [-0.39, 0.29) is 29.1 Å². The number of amides is 6. The van der Waals surface area contributed by atoms with Crippen LogP contribution >= 0.6 is 0 Å². The monoisotopic (exact) mass is 522 g/mol. The third-order valence-corrected chi connectivity index (χ3v) is 7.51. The van der Waals surface area contributed by atoms with E-state index in [2.05, 4.69) is 16.0 Å². The topological polar surface area (TPSA) is 171 Å². The summed E-state index contributed by atoms with van der Waals surface area (Å²) in [6.45, 7) is 12.8. The second kappa shape index (κ2) is 10.7. The van der Waals surface area contributed by atoms with Crippen LogP contribution < -0.4 is 21.7 Å². The van der Waals surface area contributed by atoms with Gasteiger partial charge >= 0.3 is 6.03 Å². The van der Waals surface area contributed by atoms with Gasteiger partial charge in [0, 0.05) is 20.6 Å². The molecule has 0 aromatic carbocycles. The van der Waals surface area contributed by atoms with Gasteiger partial charge in [-0.05, 0) is 28.6 Å². The number of ketones is 1. The summed E-state index contributed by atoms with van der Waals surface area (Å²) in [5, 5.41) is 7.85. The summed E-state index contributed by atoms with van der Waals surface area (Å²) in [7, 11) is 3.20. The normalized spacial score (nSPS) is 23.4. The van der Waals surface area contributed by atoms with Crippen molar-refractivity contribution >= 4 is 35.4 Å². The standard InChI is InChI=1S/C25H42N6O6/c1-12(2)16(21(35)30(8)9)28-23(37)29-18(24(3,4)5)22(36)31-11-13-15(25(13,6)7)17(31)20(34)27-10-14(32)19(26)33/h12-13,15-18H,10-11H2,1-9H3,(H2,26,33)(H,27,34)(H2,28,29,37)/t13-,15-,16-,17-,18+/m0/s1. The largest absolute Gasteiger partial charge is 0.363 e. The van der Waals surface area contributed by atoms with Crippen molar-refractivity contribution in [3.63, 3.8) is 0 Å². The Balaban J connectivity index is 2.25. The number of nitrogens with one attached hydrogen (secondary N) is 3. The number of fused-ring (bicyclic) bond motifs is 1. The number of rotatable bonds is 9. The number of nitrogens with zero attached hydrogens (tertiary/aromatic N) is 2. The SMILES string of the molecule is CC(C)[C@H](NC(=O)N[C@H](C(=O)N1C[C@H]2[C@@H]([C@H]1C(=O)NCC(=O)C(N)=O)C2(C)C)C(C)(C)C)C(=O)N(C)C. The van der Waals surface area contributed by atoms with Gasteiger partial charge < -0.3 is 31.5 Å². The molecule has 1 heterocycles. The number of carbonyl (C=O) groups excluding carboxylic acids is 6. The first kappa shape index (κ1) is 30.0. The number of hydrogen-bond donors (Lipinski definition) is 4. The molecule has 208 valence electrons. The third kappa shape index (κ3) is 6.40. The molecular formula is C25H42N6O6. The number of urea groups is 1. The molecule has 6 amide bonds. The van der Waals surface area contributed by atoms with Crippen LogP contribution in [0, 0.1) is 28.6 Å². The number of carbonyl (C=O) groups is 6. The van der Waals surface area contributed by atoms with Gasteiger partial charge in [-0.1, -0.05) is 48.5 Å². The molecule has 1 aliphatic heterocycles. The number of Topliss-reactive ketones (excluding diaryl/α,β-unsaturated/α-hetero) is 1. The number of hydrogen-bond acceptors (Lipinski definition) is 6. The Hall–Kier alpha value is -3.18. The summed E-state index contributed by atoms with van der Waals surface area (Å²) >= 11 is 0. The van der Waals surface area contributed by atoms with Crippen LogP contribution in [-0.2, 0) is 24.0 Å². The van der Waals surface area contributed by atoms with Crippen molar-refractivity contribution in [2.75, 3.05) is 27.2 Å². The highest BCUT2D eigenvalue weighted by Crippen LogP contribution is 2.65. The van der Waals surface area contributed by atoms with Gasteiger partial charge in [0.2, 0.25) is 23.5 Å². The van der Waals surface area contributed by atoms with Crippen LogP contribution in [0.5, 0.6) is 0 Å². The van der Waals surface area contributed by atoms with Crippen LogP contribution in [0.2, 0.25) is 0 Å². The summed E-state index contributed by atoms with van der Waals surface area (Å²) in [4.78, 5) is 78.0. The minimum absolute atomic E-state index is 0.0801. The van der Waals surface area contributed by atoms with E-state index in [9.17, 15) is 28.8 Å². The zero-order chi connectivity index (χ0) is 28.6. The molecule has 0 radical (unpaired) electrons. The molecule has 1 aliphatic carbocycles. The van der Waals surface area contributed by atoms with E-state index in [4.69, 9.17) is 5.73 Å². The first-order valence-electron chi connectivity index (χ1n) is 12.5. The van der Waals surface area contributed by atoms with E-state index in [1.54, 1.807) is 34.9 Å². The molecule has 0 unspecified atom stereocenters. The Kier molecular flexibility index (Phi) is 8.66. The fraction of sp³-hybridized carbons (Fsp3) is 0.760. The number of primary amides is 1. The zero-order valence-electron chi connectivity index (χ0n) is 23.3. The van der Waals surface area contributed by atoms with Crippen molar-refractivity contribution in [2.24, 2.45) is 34.3 Å². The van der Waals surface area contributed by atoms with E-state index < -0.39 is 59.6 Å². The number of piperidine rings is 1. The molecule has 5 N–H and O–H groups in total. The molecule has 12 heteroatoms. The summed E-state index contributed by atoms with van der Waals surface area (Å²) in [5.74, 6) is -3.58. The summed E-state index contributed by atoms with van der Waals surface area (Å²) < 4.78 is 0. The molecule has 1 saturated heterocycles. The molecule has 2 aliphatic rings. The molecule has 12 nitrogen and oxygen atoms in total. The third-order valence-electron chi connectivity index (χ3n) is 7.51. The van der Waals surface area contributed by atoms with E-state index in [1.807, 2.05) is 27.7 Å². The lowest BCUT2D eigenvalue weighted by molar-refractivity contribution is -0.144. The summed E-state index contributed by atoms with van der Waals surface area (Å²) in [6.07, 6.45) is 0. The summed E-state index contributed by atoms with van der Waals surface area (Å²) in [5.41, 5.74) is 4.08. The molecule has 0 aromatic heterocycles. The van der Waals surface area contributed by atoms with Crippen LogP contribution in [0.25, 0.3) is 0 Å². The first-order valence-corrected chi connectivity index (χ1v) is 12.5. The van der Waals surface area contributed by atoms with E-state index in [0.717, 1.165) is 0 Å². The van der Waals surface area contributed by atoms with Gasteiger partial charge in [-0.2, -0.15) is 0 Å². The second-order valence-electron chi connectivity index (χ2n) is 12.3. The Morgan fingerprint density at radius 3 is 2.08 bits per heavy atom. The van der Waals surface area contributed by atoms with Gasteiger partial charge in [0.25, 0.3) is 5.91 Å². The number of likely N-dealkylation sites (tertiary alicyclic amines) is 1. The Morgan fingerprint density at radius 1 is 1.05 bits per heavy atom. The van der Waals surface area contributed by atoms with Gasteiger partial charge in [0.1, 0.15) is 18.1 Å². The highest BCUT2D eigenvalue weighted by atomic mass is 16.2. The number of nitrogens with two attached hydrogens (primary N) is 1. The average molecular weight is 523 g/mol. The van der Waals surface area contributed by atoms with Gasteiger partial charge in [0.05, 0.1) is 6.54 Å². The lowest BCUT2D eigenvalue weighted by atomic mass is 9.85. The minimum Gasteiger partial charge on any atom is -0.363 e. The fourth-order valence-corrected chi connectivity index (χ4v) is 5.09. The van der Waals surface area contributed by atoms with Crippen molar-refractivity contribution in [3.05, 3.63) is 0 Å². The maximum absolute atomic E-state index is 13.8. The minimum atomic E-state index is -1.15.